The number of hydrogen-bond acceptors (Lipinski definition) is 3. The number of amides is 1. The van der Waals surface area contributed by atoms with Gasteiger partial charge in [0.25, 0.3) is 0 Å². The molecule has 1 aromatic carbocycles. The van der Waals surface area contributed by atoms with Crippen LogP contribution in [0.1, 0.15) is 19.8 Å². The highest BCUT2D eigenvalue weighted by molar-refractivity contribution is 6.31. The van der Waals surface area contributed by atoms with Gasteiger partial charge in [-0.15, -0.1) is 0 Å². The molecule has 0 bridgehead atoms. The van der Waals surface area contributed by atoms with Gasteiger partial charge in [-0.2, -0.15) is 0 Å². The first-order chi connectivity index (χ1) is 8.58. The minimum Gasteiger partial charge on any atom is -0.397 e. The lowest BCUT2D eigenvalue weighted by Crippen LogP contribution is -2.40. The predicted octanol–water partition coefficient (Wildman–Crippen LogP) is 2.35. The highest BCUT2D eigenvalue weighted by Crippen LogP contribution is 2.23. The van der Waals surface area contributed by atoms with Gasteiger partial charge >= 0.3 is 0 Å². The van der Waals surface area contributed by atoms with Crippen LogP contribution in [0.3, 0.4) is 0 Å². The van der Waals surface area contributed by atoms with Gasteiger partial charge in [0.1, 0.15) is 0 Å². The number of halogens is 1. The number of nitrogens with one attached hydrogen (secondary N) is 1. The molecular formula is C13H18ClN3O. The van der Waals surface area contributed by atoms with Crippen molar-refractivity contribution in [3.8, 4) is 0 Å². The third kappa shape index (κ3) is 2.94. The summed E-state index contributed by atoms with van der Waals surface area (Å²) in [4.78, 5) is 14.3. The lowest BCUT2D eigenvalue weighted by molar-refractivity contribution is -0.120. The van der Waals surface area contributed by atoms with E-state index in [0.29, 0.717) is 16.4 Å². The van der Waals surface area contributed by atoms with E-state index in [4.69, 9.17) is 17.3 Å². The van der Waals surface area contributed by atoms with Crippen molar-refractivity contribution in [3.05, 3.63) is 23.2 Å². The minimum absolute atomic E-state index is 0.0362. The van der Waals surface area contributed by atoms with Crippen molar-refractivity contribution in [2.45, 2.75) is 25.8 Å². The molecule has 1 heterocycles. The van der Waals surface area contributed by atoms with Crippen LogP contribution in [0.2, 0.25) is 5.02 Å². The largest absolute Gasteiger partial charge is 0.397 e. The molecule has 1 unspecified atom stereocenters. The fourth-order valence-corrected chi connectivity index (χ4v) is 2.34. The first-order valence-corrected chi connectivity index (χ1v) is 6.55. The summed E-state index contributed by atoms with van der Waals surface area (Å²) in [5, 5.41) is 3.40. The SMILES string of the molecule is CC(C(=O)Nc1cc(Cl)ccc1N)N1CCCC1. The Kier molecular flexibility index (Phi) is 4.09. The van der Waals surface area contributed by atoms with E-state index in [0.717, 1.165) is 25.9 Å². The molecule has 3 N–H and O–H groups in total. The van der Waals surface area contributed by atoms with Gasteiger partial charge in [0.15, 0.2) is 0 Å². The van der Waals surface area contributed by atoms with E-state index >= 15 is 0 Å². The monoisotopic (exact) mass is 267 g/mol. The van der Waals surface area contributed by atoms with Crippen LogP contribution in [-0.2, 0) is 4.79 Å². The normalized spacial score (nSPS) is 17.7. The predicted molar refractivity (Wildman–Crippen MR) is 74.8 cm³/mol. The lowest BCUT2D eigenvalue weighted by atomic mass is 10.2. The number of nitrogen functional groups attached to an aromatic ring is 1. The second-order valence-electron chi connectivity index (χ2n) is 4.64. The van der Waals surface area contributed by atoms with Gasteiger partial charge in [0.05, 0.1) is 17.4 Å². The number of rotatable bonds is 3. The number of anilines is 2. The molecule has 2 rings (SSSR count). The molecule has 1 amide bonds. The summed E-state index contributed by atoms with van der Waals surface area (Å²) in [6.45, 7) is 3.89. The first-order valence-electron chi connectivity index (χ1n) is 6.18. The lowest BCUT2D eigenvalue weighted by Gasteiger charge is -2.23. The molecule has 1 fully saturated rings. The Morgan fingerprint density at radius 3 is 2.78 bits per heavy atom. The summed E-state index contributed by atoms with van der Waals surface area (Å²) in [5.74, 6) is -0.0362. The molecule has 1 aromatic rings. The summed E-state index contributed by atoms with van der Waals surface area (Å²) < 4.78 is 0. The molecule has 0 spiro atoms. The van der Waals surface area contributed by atoms with Crippen molar-refractivity contribution in [1.29, 1.82) is 0 Å². The van der Waals surface area contributed by atoms with E-state index in [-0.39, 0.29) is 11.9 Å². The Hall–Kier alpha value is -1.26. The van der Waals surface area contributed by atoms with Crippen molar-refractivity contribution in [2.24, 2.45) is 0 Å². The zero-order chi connectivity index (χ0) is 13.1. The van der Waals surface area contributed by atoms with Crippen LogP contribution < -0.4 is 11.1 Å². The third-order valence-corrected chi connectivity index (χ3v) is 3.58. The fourth-order valence-electron chi connectivity index (χ4n) is 2.17. The summed E-state index contributed by atoms with van der Waals surface area (Å²) >= 11 is 5.89. The van der Waals surface area contributed by atoms with Gasteiger partial charge in [-0.25, -0.2) is 0 Å². The van der Waals surface area contributed by atoms with Crippen molar-refractivity contribution in [1.82, 2.24) is 4.90 Å². The average molecular weight is 268 g/mol. The molecule has 0 radical (unpaired) electrons. The molecule has 98 valence electrons. The standard InChI is InChI=1S/C13H18ClN3O/c1-9(17-6-2-3-7-17)13(18)16-12-8-10(14)4-5-11(12)15/h4-5,8-9H,2-3,6-7,15H2,1H3,(H,16,18). The van der Waals surface area contributed by atoms with Crippen LogP contribution in [0, 0.1) is 0 Å². The van der Waals surface area contributed by atoms with Gasteiger partial charge < -0.3 is 11.1 Å². The highest BCUT2D eigenvalue weighted by Gasteiger charge is 2.24. The maximum Gasteiger partial charge on any atom is 0.241 e. The van der Waals surface area contributed by atoms with E-state index < -0.39 is 0 Å². The molecule has 0 aliphatic carbocycles. The maximum absolute atomic E-state index is 12.1. The Morgan fingerprint density at radius 1 is 1.44 bits per heavy atom. The summed E-state index contributed by atoms with van der Waals surface area (Å²) in [7, 11) is 0. The topological polar surface area (TPSA) is 58.4 Å². The fraction of sp³-hybridized carbons (Fsp3) is 0.462. The van der Waals surface area contributed by atoms with E-state index in [1.807, 2.05) is 6.92 Å². The molecule has 0 aromatic heterocycles. The molecule has 18 heavy (non-hydrogen) atoms. The maximum atomic E-state index is 12.1. The van der Waals surface area contributed by atoms with Crippen LogP contribution in [0.15, 0.2) is 18.2 Å². The summed E-state index contributed by atoms with van der Waals surface area (Å²) in [6.07, 6.45) is 2.33. The third-order valence-electron chi connectivity index (χ3n) is 3.34. The molecule has 1 aliphatic rings. The number of nitrogens with two attached hydrogens (primary N) is 1. The van der Waals surface area contributed by atoms with Crippen LogP contribution in [0.4, 0.5) is 11.4 Å². The van der Waals surface area contributed by atoms with Crippen molar-refractivity contribution < 1.29 is 4.79 Å². The van der Waals surface area contributed by atoms with E-state index in [2.05, 4.69) is 10.2 Å². The zero-order valence-corrected chi connectivity index (χ0v) is 11.2. The number of benzene rings is 1. The molecule has 1 atom stereocenters. The Morgan fingerprint density at radius 2 is 2.11 bits per heavy atom. The molecule has 0 saturated carbocycles. The average Bonchev–Trinajstić information content (AvgIpc) is 2.86. The number of carbonyl (C=O) groups is 1. The van der Waals surface area contributed by atoms with Gasteiger partial charge in [0.2, 0.25) is 5.91 Å². The number of nitrogens with zero attached hydrogens (tertiary/aromatic N) is 1. The molecule has 4 nitrogen and oxygen atoms in total. The van der Waals surface area contributed by atoms with Crippen LogP contribution in [-0.4, -0.2) is 29.9 Å². The first kappa shape index (κ1) is 13.2. The second-order valence-corrected chi connectivity index (χ2v) is 5.08. The highest BCUT2D eigenvalue weighted by atomic mass is 35.5. The van der Waals surface area contributed by atoms with E-state index in [9.17, 15) is 4.79 Å². The van der Waals surface area contributed by atoms with Gasteiger partial charge in [-0.1, -0.05) is 11.6 Å². The Balaban J connectivity index is 2.03. The summed E-state index contributed by atoms with van der Waals surface area (Å²) in [5.41, 5.74) is 6.92. The number of carbonyl (C=O) groups excluding carboxylic acids is 1. The number of likely N-dealkylation sites (tertiary alicyclic amines) is 1. The smallest absolute Gasteiger partial charge is 0.241 e. The van der Waals surface area contributed by atoms with Gasteiger partial charge in [0, 0.05) is 5.02 Å². The van der Waals surface area contributed by atoms with Gasteiger partial charge in [-0.05, 0) is 51.1 Å². The van der Waals surface area contributed by atoms with Crippen LogP contribution in [0.5, 0.6) is 0 Å². The Bertz CT molecular complexity index is 444. The minimum atomic E-state index is -0.133. The van der Waals surface area contributed by atoms with Gasteiger partial charge in [-0.3, -0.25) is 9.69 Å². The van der Waals surface area contributed by atoms with Crippen LogP contribution >= 0.6 is 11.6 Å². The molecule has 1 saturated heterocycles. The quantitative estimate of drug-likeness (QED) is 0.827. The molecular weight excluding hydrogens is 250 g/mol. The van der Waals surface area contributed by atoms with E-state index in [1.165, 1.54) is 0 Å². The van der Waals surface area contributed by atoms with Crippen molar-refractivity contribution in [2.75, 3.05) is 24.1 Å². The Labute approximate surface area is 112 Å². The van der Waals surface area contributed by atoms with Crippen LogP contribution in [0.25, 0.3) is 0 Å². The molecule has 1 aliphatic heterocycles. The van der Waals surface area contributed by atoms with Crippen molar-refractivity contribution >= 4 is 28.9 Å². The second kappa shape index (κ2) is 5.59. The summed E-state index contributed by atoms with van der Waals surface area (Å²) in [6, 6.07) is 4.94. The van der Waals surface area contributed by atoms with E-state index in [1.54, 1.807) is 18.2 Å². The van der Waals surface area contributed by atoms with Crippen molar-refractivity contribution in [3.63, 3.8) is 0 Å². The number of hydrogen-bond donors (Lipinski definition) is 2. The molecule has 5 heteroatoms. The zero-order valence-electron chi connectivity index (χ0n) is 10.4.